The highest BCUT2D eigenvalue weighted by molar-refractivity contribution is 7.73. The van der Waals surface area contributed by atoms with Crippen LogP contribution in [0.2, 0.25) is 0 Å². The lowest BCUT2D eigenvalue weighted by Crippen LogP contribution is -2.37. The van der Waals surface area contributed by atoms with Gasteiger partial charge in [-0.05, 0) is 72.8 Å². The molecule has 1 aliphatic rings. The molecule has 3 atom stereocenters. The number of hydrogen-bond acceptors (Lipinski definition) is 0. The van der Waals surface area contributed by atoms with Crippen LogP contribution in [0.15, 0.2) is 48.5 Å². The second-order valence-corrected chi connectivity index (χ2v) is 18.3. The summed E-state index contributed by atoms with van der Waals surface area (Å²) in [6, 6.07) is 19.0. The van der Waals surface area contributed by atoms with E-state index in [0.717, 1.165) is 17.2 Å². The van der Waals surface area contributed by atoms with Crippen LogP contribution in [-0.2, 0) is 0 Å². The molecule has 0 heterocycles. The van der Waals surface area contributed by atoms with Gasteiger partial charge in [0.1, 0.15) is 0 Å². The SMILES string of the molecule is Cc1ccc(P(c2ccc(C)cc2)C2CCCC2[C@@H](C)P(C(C)(C)C)C(C)(C)C)cc1. The molecule has 0 amide bonds. The maximum absolute atomic E-state index is 2.61. The fourth-order valence-corrected chi connectivity index (χ4v) is 14.8. The molecule has 0 aromatic heterocycles. The minimum absolute atomic E-state index is 0.104. The normalized spacial score (nSPS) is 21.1. The third-order valence-electron chi connectivity index (χ3n) is 6.96. The number of rotatable bonds is 5. The maximum Gasteiger partial charge on any atom is -0.00945 e. The summed E-state index contributed by atoms with van der Waals surface area (Å²) in [6.45, 7) is 22.0. The third kappa shape index (κ3) is 5.81. The standard InChI is InChI=1S/C29H44P2/c1-21-13-17-24(18-14-21)30(25-19-15-22(2)16-20-25)27-12-10-11-26(27)23(3)31(28(4,5)6)29(7,8)9/h13-20,23,26-27H,10-12H2,1-9H3/t23-,26?,27?/m1/s1. The van der Waals surface area contributed by atoms with Crippen LogP contribution in [0.5, 0.6) is 0 Å². The number of benzene rings is 2. The van der Waals surface area contributed by atoms with E-state index in [2.05, 4.69) is 111 Å². The van der Waals surface area contributed by atoms with Crippen LogP contribution in [0.3, 0.4) is 0 Å². The maximum atomic E-state index is 2.61. The Kier molecular flexibility index (Phi) is 7.77. The van der Waals surface area contributed by atoms with E-state index in [4.69, 9.17) is 0 Å². The third-order valence-corrected chi connectivity index (χ3v) is 14.1. The Labute approximate surface area is 195 Å². The summed E-state index contributed by atoms with van der Waals surface area (Å²) in [7, 11) is -0.439. The largest absolute Gasteiger partial charge is 0.0924 e. The van der Waals surface area contributed by atoms with E-state index in [1.54, 1.807) is 10.6 Å². The van der Waals surface area contributed by atoms with Crippen molar-refractivity contribution in [1.29, 1.82) is 0 Å². The highest BCUT2D eigenvalue weighted by Crippen LogP contribution is 2.67. The minimum Gasteiger partial charge on any atom is -0.0924 e. The first-order valence-corrected chi connectivity index (χ1v) is 14.9. The lowest BCUT2D eigenvalue weighted by atomic mass is 10.0. The summed E-state index contributed by atoms with van der Waals surface area (Å²) in [5.74, 6) is 0.832. The van der Waals surface area contributed by atoms with Crippen molar-refractivity contribution in [2.75, 3.05) is 0 Å². The zero-order chi connectivity index (χ0) is 23.0. The van der Waals surface area contributed by atoms with Crippen LogP contribution in [0.1, 0.15) is 78.9 Å². The van der Waals surface area contributed by atoms with E-state index in [0.29, 0.717) is 10.3 Å². The molecule has 1 saturated carbocycles. The van der Waals surface area contributed by atoms with Crippen molar-refractivity contribution in [3.63, 3.8) is 0 Å². The van der Waals surface area contributed by atoms with Crippen molar-refractivity contribution < 1.29 is 0 Å². The molecule has 31 heavy (non-hydrogen) atoms. The Morgan fingerprint density at radius 1 is 0.710 bits per heavy atom. The van der Waals surface area contributed by atoms with E-state index >= 15 is 0 Å². The second kappa shape index (κ2) is 9.65. The van der Waals surface area contributed by atoms with Gasteiger partial charge in [0, 0.05) is 0 Å². The van der Waals surface area contributed by atoms with Gasteiger partial charge in [-0.25, -0.2) is 0 Å². The average Bonchev–Trinajstić information content (AvgIpc) is 3.12. The molecule has 0 spiro atoms. The monoisotopic (exact) mass is 454 g/mol. The van der Waals surface area contributed by atoms with Crippen LogP contribution in [0.4, 0.5) is 0 Å². The molecular formula is C29H44P2. The van der Waals surface area contributed by atoms with Gasteiger partial charge in [-0.3, -0.25) is 0 Å². The van der Waals surface area contributed by atoms with Gasteiger partial charge in [-0.15, -0.1) is 0 Å². The van der Waals surface area contributed by atoms with Crippen LogP contribution in [-0.4, -0.2) is 21.6 Å². The van der Waals surface area contributed by atoms with Crippen molar-refractivity contribution in [3.8, 4) is 0 Å². The Hall–Kier alpha value is -0.700. The molecule has 170 valence electrons. The van der Waals surface area contributed by atoms with Gasteiger partial charge in [-0.2, -0.15) is 0 Å². The van der Waals surface area contributed by atoms with Crippen molar-refractivity contribution in [3.05, 3.63) is 59.7 Å². The molecule has 2 aromatic carbocycles. The molecule has 0 aliphatic heterocycles. The fourth-order valence-electron chi connectivity index (χ4n) is 6.21. The van der Waals surface area contributed by atoms with Gasteiger partial charge in [0.15, 0.2) is 0 Å². The summed E-state index contributed by atoms with van der Waals surface area (Å²) < 4.78 is 0. The minimum atomic E-state index is -0.335. The Balaban J connectivity index is 2.03. The quantitative estimate of drug-likeness (QED) is 0.398. The van der Waals surface area contributed by atoms with Crippen LogP contribution < -0.4 is 10.6 Å². The predicted molar refractivity (Wildman–Crippen MR) is 146 cm³/mol. The molecule has 0 radical (unpaired) electrons. The van der Waals surface area contributed by atoms with E-state index in [9.17, 15) is 0 Å². The summed E-state index contributed by atoms with van der Waals surface area (Å²) in [4.78, 5) is 0. The molecule has 0 N–H and O–H groups in total. The van der Waals surface area contributed by atoms with E-state index < -0.39 is 0 Å². The summed E-state index contributed by atoms with van der Waals surface area (Å²) in [6.07, 6.45) is 4.20. The molecule has 2 heteroatoms. The molecule has 2 unspecified atom stereocenters. The lowest BCUT2D eigenvalue weighted by molar-refractivity contribution is 0.527. The lowest BCUT2D eigenvalue weighted by Gasteiger charge is -2.49. The first kappa shape index (κ1) is 24.9. The molecule has 0 saturated heterocycles. The topological polar surface area (TPSA) is 0 Å². The van der Waals surface area contributed by atoms with Gasteiger partial charge in [0.25, 0.3) is 0 Å². The van der Waals surface area contributed by atoms with Gasteiger partial charge in [0.2, 0.25) is 0 Å². The van der Waals surface area contributed by atoms with Gasteiger partial charge < -0.3 is 0 Å². The zero-order valence-corrected chi connectivity index (χ0v) is 23.2. The Morgan fingerprint density at radius 3 is 1.52 bits per heavy atom. The van der Waals surface area contributed by atoms with Crippen LogP contribution in [0, 0.1) is 19.8 Å². The molecular weight excluding hydrogens is 410 g/mol. The Morgan fingerprint density at radius 2 is 1.13 bits per heavy atom. The molecule has 3 rings (SSSR count). The van der Waals surface area contributed by atoms with Gasteiger partial charge in [-0.1, -0.05) is 122 Å². The summed E-state index contributed by atoms with van der Waals surface area (Å²) >= 11 is 0. The smallest absolute Gasteiger partial charge is 0.00945 e. The van der Waals surface area contributed by atoms with Gasteiger partial charge >= 0.3 is 0 Å². The fraction of sp³-hybridized carbons (Fsp3) is 0.586. The first-order valence-electron chi connectivity index (χ1n) is 12.1. The molecule has 0 nitrogen and oxygen atoms in total. The van der Waals surface area contributed by atoms with Crippen molar-refractivity contribution in [1.82, 2.24) is 0 Å². The molecule has 0 bridgehead atoms. The van der Waals surface area contributed by atoms with E-state index in [-0.39, 0.29) is 15.8 Å². The van der Waals surface area contributed by atoms with Crippen LogP contribution in [0.25, 0.3) is 0 Å². The van der Waals surface area contributed by atoms with Gasteiger partial charge in [0.05, 0.1) is 0 Å². The first-order chi connectivity index (χ1) is 14.4. The predicted octanol–water partition coefficient (Wildman–Crippen LogP) is 8.37. The number of aryl methyl sites for hydroxylation is 2. The summed E-state index contributed by atoms with van der Waals surface area (Å²) in [5, 5.41) is 3.92. The molecule has 1 aliphatic carbocycles. The number of hydrogen-bond donors (Lipinski definition) is 0. The van der Waals surface area contributed by atoms with E-state index in [1.807, 2.05) is 0 Å². The van der Waals surface area contributed by atoms with Crippen LogP contribution >= 0.6 is 15.8 Å². The highest BCUT2D eigenvalue weighted by Gasteiger charge is 2.46. The molecule has 1 fully saturated rings. The zero-order valence-electron chi connectivity index (χ0n) is 21.4. The second-order valence-electron chi connectivity index (χ2n) is 11.7. The summed E-state index contributed by atoms with van der Waals surface area (Å²) in [5.41, 5.74) is 4.32. The average molecular weight is 455 g/mol. The van der Waals surface area contributed by atoms with Crippen molar-refractivity contribution in [2.45, 2.75) is 103 Å². The van der Waals surface area contributed by atoms with Crippen molar-refractivity contribution in [2.24, 2.45) is 5.92 Å². The van der Waals surface area contributed by atoms with Crippen molar-refractivity contribution >= 4 is 26.5 Å². The Bertz CT molecular complexity index is 777. The van der Waals surface area contributed by atoms with E-state index in [1.165, 1.54) is 30.4 Å². The molecule has 2 aromatic rings. The highest BCUT2D eigenvalue weighted by atomic mass is 31.1.